The van der Waals surface area contributed by atoms with E-state index in [1.165, 1.54) is 103 Å². The van der Waals surface area contributed by atoms with Gasteiger partial charge in [-0.15, -0.1) is 0 Å². The summed E-state index contributed by atoms with van der Waals surface area (Å²) >= 11 is 0. The minimum Gasteiger partial charge on any atom is -0.481 e. The zero-order valence-corrected chi connectivity index (χ0v) is 31.3. The third-order valence-electron chi connectivity index (χ3n) is 9.13. The fraction of sp³-hybridized carbons (Fsp3) is 0.814. The Morgan fingerprint density at radius 1 is 0.489 bits per heavy atom. The van der Waals surface area contributed by atoms with E-state index in [1.54, 1.807) is 0 Å². The molecule has 0 radical (unpaired) electrons. The Kier molecular flexibility index (Phi) is 37.1. The lowest BCUT2D eigenvalue weighted by molar-refractivity contribution is -0.150. The summed E-state index contributed by atoms with van der Waals surface area (Å²) in [7, 11) is 0. The largest absolute Gasteiger partial charge is 0.481 e. The van der Waals surface area contributed by atoms with E-state index < -0.39 is 5.97 Å². The number of unbranched alkanes of at least 4 members (excludes halogenated alkanes) is 22. The molecular weight excluding hydrogens is 580 g/mol. The summed E-state index contributed by atoms with van der Waals surface area (Å²) in [4.78, 5) is 23.4. The second-order valence-electron chi connectivity index (χ2n) is 13.8. The molecule has 4 heteroatoms. The van der Waals surface area contributed by atoms with Crippen molar-refractivity contribution >= 4 is 11.9 Å². The molecule has 1 unspecified atom stereocenters. The summed E-state index contributed by atoms with van der Waals surface area (Å²) in [5, 5.41) is 8.83. The summed E-state index contributed by atoms with van der Waals surface area (Å²) < 4.78 is 6.01. The highest BCUT2D eigenvalue weighted by molar-refractivity contribution is 5.69. The Balaban J connectivity index is 4.06. The third kappa shape index (κ3) is 38.5. The average molecular weight is 659 g/mol. The number of carbonyl (C=O) groups is 2. The predicted octanol–water partition coefficient (Wildman–Crippen LogP) is 14.2. The Morgan fingerprint density at radius 2 is 0.894 bits per heavy atom. The lowest BCUT2D eigenvalue weighted by Crippen LogP contribution is -2.18. The molecule has 0 aromatic carbocycles. The second-order valence-corrected chi connectivity index (χ2v) is 13.8. The molecule has 0 aliphatic carbocycles. The van der Waals surface area contributed by atoms with Crippen LogP contribution in [-0.2, 0) is 14.3 Å². The molecule has 0 saturated carbocycles. The normalized spacial score (nSPS) is 12.6. The molecule has 47 heavy (non-hydrogen) atoms. The lowest BCUT2D eigenvalue weighted by atomic mass is 10.0. The average Bonchev–Trinajstić information content (AvgIpc) is 3.05. The van der Waals surface area contributed by atoms with Crippen LogP contribution in [0.3, 0.4) is 0 Å². The minimum atomic E-state index is -0.701. The van der Waals surface area contributed by atoms with E-state index in [0.29, 0.717) is 6.42 Å². The third-order valence-corrected chi connectivity index (χ3v) is 9.13. The first-order valence-corrected chi connectivity index (χ1v) is 20.5. The summed E-state index contributed by atoms with van der Waals surface area (Å²) in [5.41, 5.74) is 0. The fourth-order valence-corrected chi connectivity index (χ4v) is 6.14. The summed E-state index contributed by atoms with van der Waals surface area (Å²) in [6, 6.07) is 0. The van der Waals surface area contributed by atoms with Gasteiger partial charge in [-0.25, -0.2) is 0 Å². The SMILES string of the molecule is CC/C=C\C/C=C\C/C=C\CCCCCCCC(=O)OC(CCCCCCCCCCCCCCCC)CCCCCCCC(=O)O. The van der Waals surface area contributed by atoms with Gasteiger partial charge in [-0.05, 0) is 70.6 Å². The first kappa shape index (κ1) is 45.2. The first-order valence-electron chi connectivity index (χ1n) is 20.5. The fourth-order valence-electron chi connectivity index (χ4n) is 6.14. The molecule has 4 nitrogen and oxygen atoms in total. The lowest BCUT2D eigenvalue weighted by Gasteiger charge is -2.18. The number of hydrogen-bond donors (Lipinski definition) is 1. The molecule has 1 N–H and O–H groups in total. The van der Waals surface area contributed by atoms with Crippen LogP contribution in [0.5, 0.6) is 0 Å². The molecule has 0 aromatic heterocycles. The van der Waals surface area contributed by atoms with Gasteiger partial charge in [-0.3, -0.25) is 9.59 Å². The molecule has 274 valence electrons. The van der Waals surface area contributed by atoms with Gasteiger partial charge < -0.3 is 9.84 Å². The summed E-state index contributed by atoms with van der Waals surface area (Å²) in [6.07, 6.45) is 50.2. The van der Waals surface area contributed by atoms with Crippen LogP contribution in [-0.4, -0.2) is 23.1 Å². The minimum absolute atomic E-state index is 0.0111. The standard InChI is InChI=1S/C43H78O4/c1-3-5-7-9-11-13-15-17-19-21-23-25-27-32-36-40-43(46)47-41(38-34-30-28-31-35-39-42(44)45)37-33-29-26-24-22-20-18-16-14-12-10-8-6-4-2/h5,7,11,13,17,19,41H,3-4,6,8-10,12,14-16,18,20-40H2,1-2H3,(H,44,45)/b7-5-,13-11-,19-17-. The Hall–Kier alpha value is -1.84. The number of allylic oxidation sites excluding steroid dienone is 6. The summed E-state index contributed by atoms with van der Waals surface area (Å²) in [5.74, 6) is -0.712. The van der Waals surface area contributed by atoms with Crippen LogP contribution in [0, 0.1) is 0 Å². The van der Waals surface area contributed by atoms with E-state index in [2.05, 4.69) is 50.3 Å². The molecule has 0 saturated heterocycles. The molecule has 0 spiro atoms. The molecular formula is C43H78O4. The van der Waals surface area contributed by atoms with Gasteiger partial charge in [0.1, 0.15) is 6.10 Å². The zero-order valence-electron chi connectivity index (χ0n) is 31.3. The number of esters is 1. The van der Waals surface area contributed by atoms with Crippen molar-refractivity contribution < 1.29 is 19.4 Å². The van der Waals surface area contributed by atoms with Gasteiger partial charge in [0.05, 0.1) is 0 Å². The summed E-state index contributed by atoms with van der Waals surface area (Å²) in [6.45, 7) is 4.44. The molecule has 0 heterocycles. The highest BCUT2D eigenvalue weighted by atomic mass is 16.5. The van der Waals surface area contributed by atoms with Gasteiger partial charge in [0.2, 0.25) is 0 Å². The van der Waals surface area contributed by atoms with Crippen LogP contribution < -0.4 is 0 Å². The van der Waals surface area contributed by atoms with Gasteiger partial charge in [0.25, 0.3) is 0 Å². The Morgan fingerprint density at radius 3 is 1.38 bits per heavy atom. The maximum absolute atomic E-state index is 12.7. The van der Waals surface area contributed by atoms with Crippen molar-refractivity contribution in [2.45, 2.75) is 225 Å². The van der Waals surface area contributed by atoms with Crippen molar-refractivity contribution in [1.29, 1.82) is 0 Å². The molecule has 0 bridgehead atoms. The number of hydrogen-bond acceptors (Lipinski definition) is 3. The van der Waals surface area contributed by atoms with Crippen LogP contribution in [0.2, 0.25) is 0 Å². The zero-order chi connectivity index (χ0) is 34.3. The molecule has 0 aromatic rings. The van der Waals surface area contributed by atoms with Crippen molar-refractivity contribution in [3.05, 3.63) is 36.5 Å². The van der Waals surface area contributed by atoms with Crippen molar-refractivity contribution in [2.75, 3.05) is 0 Å². The Bertz CT molecular complexity index is 753. The van der Waals surface area contributed by atoms with E-state index in [4.69, 9.17) is 9.84 Å². The molecule has 0 fully saturated rings. The van der Waals surface area contributed by atoms with Crippen LogP contribution >= 0.6 is 0 Å². The van der Waals surface area contributed by atoms with Gasteiger partial charge in [-0.1, -0.05) is 172 Å². The number of carboxylic acids is 1. The van der Waals surface area contributed by atoms with Crippen LogP contribution in [0.25, 0.3) is 0 Å². The first-order chi connectivity index (χ1) is 23.1. The maximum atomic E-state index is 12.7. The number of ether oxygens (including phenoxy) is 1. The molecule has 0 aliphatic heterocycles. The van der Waals surface area contributed by atoms with Gasteiger partial charge in [-0.2, -0.15) is 0 Å². The molecule has 1 atom stereocenters. The highest BCUT2D eigenvalue weighted by Gasteiger charge is 2.14. The van der Waals surface area contributed by atoms with Crippen LogP contribution in [0.1, 0.15) is 219 Å². The van der Waals surface area contributed by atoms with Gasteiger partial charge in [0.15, 0.2) is 0 Å². The Labute approximate surface area is 292 Å². The maximum Gasteiger partial charge on any atom is 0.306 e. The van der Waals surface area contributed by atoms with Gasteiger partial charge in [0, 0.05) is 12.8 Å². The monoisotopic (exact) mass is 659 g/mol. The van der Waals surface area contributed by atoms with Crippen LogP contribution in [0.15, 0.2) is 36.5 Å². The molecule has 0 amide bonds. The van der Waals surface area contributed by atoms with Crippen LogP contribution in [0.4, 0.5) is 0 Å². The van der Waals surface area contributed by atoms with Crippen molar-refractivity contribution in [2.24, 2.45) is 0 Å². The molecule has 0 aliphatic rings. The van der Waals surface area contributed by atoms with Gasteiger partial charge >= 0.3 is 11.9 Å². The molecule has 0 rings (SSSR count). The number of carboxylic acid groups (broad SMARTS) is 1. The van der Waals surface area contributed by atoms with Crippen molar-refractivity contribution in [3.63, 3.8) is 0 Å². The van der Waals surface area contributed by atoms with Crippen molar-refractivity contribution in [1.82, 2.24) is 0 Å². The number of carbonyl (C=O) groups excluding carboxylic acids is 1. The second kappa shape index (κ2) is 38.6. The predicted molar refractivity (Wildman–Crippen MR) is 204 cm³/mol. The van der Waals surface area contributed by atoms with E-state index in [0.717, 1.165) is 89.9 Å². The number of aliphatic carboxylic acids is 1. The smallest absolute Gasteiger partial charge is 0.306 e. The quantitative estimate of drug-likeness (QED) is 0.0410. The topological polar surface area (TPSA) is 63.6 Å². The van der Waals surface area contributed by atoms with E-state index in [9.17, 15) is 9.59 Å². The number of rotatable bonds is 37. The van der Waals surface area contributed by atoms with E-state index in [1.807, 2.05) is 0 Å². The van der Waals surface area contributed by atoms with E-state index >= 15 is 0 Å². The van der Waals surface area contributed by atoms with E-state index in [-0.39, 0.29) is 18.5 Å². The highest BCUT2D eigenvalue weighted by Crippen LogP contribution is 2.19. The van der Waals surface area contributed by atoms with Crippen molar-refractivity contribution in [3.8, 4) is 0 Å².